The van der Waals surface area contributed by atoms with Crippen LogP contribution in [0.1, 0.15) is 30.1 Å². The smallest absolute Gasteiger partial charge is 0.251 e. The molecule has 0 aliphatic rings. The zero-order chi connectivity index (χ0) is 20.9. The standard InChI is InChI=1S/C20H22N4O4S/c1-3-24(29(26,27)4-2)17-12-10-16(11-13-17)20(25)21-14-18-22-19(23-28-18)15-8-6-5-7-9-15/h5-13H,3-4,14H2,1-2H3,(H,21,25). The molecule has 1 aromatic heterocycles. The topological polar surface area (TPSA) is 105 Å². The highest BCUT2D eigenvalue weighted by Crippen LogP contribution is 2.19. The lowest BCUT2D eigenvalue weighted by Gasteiger charge is -2.22. The highest BCUT2D eigenvalue weighted by Gasteiger charge is 2.19. The Morgan fingerprint density at radius 3 is 2.38 bits per heavy atom. The minimum absolute atomic E-state index is 0.0121. The number of carbonyl (C=O) groups excluding carboxylic acids is 1. The van der Waals surface area contributed by atoms with E-state index in [9.17, 15) is 13.2 Å². The lowest BCUT2D eigenvalue weighted by molar-refractivity contribution is 0.0946. The SMILES string of the molecule is CCN(c1ccc(C(=O)NCc2nc(-c3ccccc3)no2)cc1)S(=O)(=O)CC. The predicted molar refractivity (Wildman–Crippen MR) is 110 cm³/mol. The van der Waals surface area contributed by atoms with E-state index in [0.717, 1.165) is 5.56 Å². The maximum absolute atomic E-state index is 12.4. The van der Waals surface area contributed by atoms with Crippen molar-refractivity contribution in [3.63, 3.8) is 0 Å². The molecule has 0 aliphatic carbocycles. The zero-order valence-electron chi connectivity index (χ0n) is 16.2. The van der Waals surface area contributed by atoms with Gasteiger partial charge in [-0.25, -0.2) is 8.42 Å². The van der Waals surface area contributed by atoms with Crippen LogP contribution in [0.3, 0.4) is 0 Å². The van der Waals surface area contributed by atoms with E-state index in [4.69, 9.17) is 4.52 Å². The Labute approximate surface area is 169 Å². The Hall–Kier alpha value is -3.20. The number of amides is 1. The van der Waals surface area contributed by atoms with Gasteiger partial charge < -0.3 is 9.84 Å². The molecule has 0 atom stereocenters. The third-order valence-corrected chi connectivity index (χ3v) is 6.18. The van der Waals surface area contributed by atoms with Crippen LogP contribution in [0.25, 0.3) is 11.4 Å². The van der Waals surface area contributed by atoms with E-state index < -0.39 is 10.0 Å². The van der Waals surface area contributed by atoms with Gasteiger partial charge in [-0.2, -0.15) is 4.98 Å². The van der Waals surface area contributed by atoms with Gasteiger partial charge in [0.2, 0.25) is 21.7 Å². The van der Waals surface area contributed by atoms with Crippen LogP contribution in [0, 0.1) is 0 Å². The van der Waals surface area contributed by atoms with Crippen LogP contribution in [0.15, 0.2) is 59.1 Å². The number of hydrogen-bond acceptors (Lipinski definition) is 6. The summed E-state index contributed by atoms with van der Waals surface area (Å²) in [7, 11) is -3.36. The molecule has 2 aromatic carbocycles. The summed E-state index contributed by atoms with van der Waals surface area (Å²) in [5.74, 6) is 0.437. The molecule has 0 radical (unpaired) electrons. The molecule has 0 bridgehead atoms. The van der Waals surface area contributed by atoms with E-state index in [2.05, 4.69) is 15.5 Å². The summed E-state index contributed by atoms with van der Waals surface area (Å²) < 4.78 is 30.8. The minimum Gasteiger partial charge on any atom is -0.343 e. The molecule has 1 N–H and O–H groups in total. The van der Waals surface area contributed by atoms with Crippen molar-refractivity contribution in [2.24, 2.45) is 0 Å². The van der Waals surface area contributed by atoms with Gasteiger partial charge in [-0.05, 0) is 38.1 Å². The second kappa shape index (κ2) is 8.87. The first-order valence-electron chi connectivity index (χ1n) is 9.21. The van der Waals surface area contributed by atoms with Crippen LogP contribution in [0.4, 0.5) is 5.69 Å². The van der Waals surface area contributed by atoms with Crippen LogP contribution < -0.4 is 9.62 Å². The molecule has 0 fully saturated rings. The van der Waals surface area contributed by atoms with E-state index in [0.29, 0.717) is 29.5 Å². The summed E-state index contributed by atoms with van der Waals surface area (Å²) in [5, 5.41) is 6.63. The second-order valence-electron chi connectivity index (χ2n) is 6.17. The molecule has 152 valence electrons. The Morgan fingerprint density at radius 2 is 1.76 bits per heavy atom. The van der Waals surface area contributed by atoms with E-state index in [1.165, 1.54) is 4.31 Å². The normalized spacial score (nSPS) is 11.2. The average molecular weight is 414 g/mol. The van der Waals surface area contributed by atoms with Crippen molar-refractivity contribution in [1.29, 1.82) is 0 Å². The van der Waals surface area contributed by atoms with Gasteiger partial charge in [-0.3, -0.25) is 9.10 Å². The highest BCUT2D eigenvalue weighted by atomic mass is 32.2. The minimum atomic E-state index is -3.36. The van der Waals surface area contributed by atoms with Crippen molar-refractivity contribution >= 4 is 21.6 Å². The summed E-state index contributed by atoms with van der Waals surface area (Å²) in [6.07, 6.45) is 0. The molecule has 1 amide bonds. The van der Waals surface area contributed by atoms with Crippen LogP contribution in [0.5, 0.6) is 0 Å². The fourth-order valence-electron chi connectivity index (χ4n) is 2.76. The van der Waals surface area contributed by atoms with Gasteiger partial charge in [-0.1, -0.05) is 35.5 Å². The summed E-state index contributed by atoms with van der Waals surface area (Å²) in [4.78, 5) is 16.6. The number of rotatable bonds is 8. The van der Waals surface area contributed by atoms with Crippen molar-refractivity contribution in [1.82, 2.24) is 15.5 Å². The van der Waals surface area contributed by atoms with Gasteiger partial charge in [0.05, 0.1) is 18.0 Å². The zero-order valence-corrected chi connectivity index (χ0v) is 17.0. The third kappa shape index (κ3) is 4.80. The van der Waals surface area contributed by atoms with Gasteiger partial charge in [-0.15, -0.1) is 0 Å². The Bertz CT molecular complexity index is 1060. The summed E-state index contributed by atoms with van der Waals surface area (Å²) in [5.41, 5.74) is 1.75. The van der Waals surface area contributed by atoms with Gasteiger partial charge in [0.1, 0.15) is 0 Å². The summed E-state index contributed by atoms with van der Waals surface area (Å²) in [6, 6.07) is 15.8. The molecule has 3 rings (SSSR count). The van der Waals surface area contributed by atoms with Crippen LogP contribution in [-0.4, -0.2) is 36.8 Å². The van der Waals surface area contributed by atoms with E-state index >= 15 is 0 Å². The number of carbonyl (C=O) groups is 1. The molecular formula is C20H22N4O4S. The first-order valence-corrected chi connectivity index (χ1v) is 10.8. The molecule has 0 spiro atoms. The lowest BCUT2D eigenvalue weighted by Crippen LogP contribution is -2.32. The molecule has 0 saturated heterocycles. The Morgan fingerprint density at radius 1 is 1.07 bits per heavy atom. The monoisotopic (exact) mass is 414 g/mol. The van der Waals surface area contributed by atoms with Gasteiger partial charge in [0.15, 0.2) is 0 Å². The number of nitrogens with one attached hydrogen (secondary N) is 1. The Balaban J connectivity index is 1.64. The maximum atomic E-state index is 12.4. The van der Waals surface area contributed by atoms with Gasteiger partial charge in [0, 0.05) is 17.7 Å². The number of sulfonamides is 1. The molecule has 3 aromatic rings. The average Bonchev–Trinajstić information content (AvgIpc) is 3.22. The first-order chi connectivity index (χ1) is 13.9. The molecule has 0 aliphatic heterocycles. The maximum Gasteiger partial charge on any atom is 0.251 e. The summed E-state index contributed by atoms with van der Waals surface area (Å²) >= 11 is 0. The Kier molecular flexibility index (Phi) is 6.28. The van der Waals surface area contributed by atoms with Crippen molar-refractivity contribution in [3.8, 4) is 11.4 Å². The number of benzene rings is 2. The molecule has 9 heteroatoms. The fraction of sp³-hybridized carbons (Fsp3) is 0.250. The second-order valence-corrected chi connectivity index (χ2v) is 8.35. The van der Waals surface area contributed by atoms with Crippen LogP contribution in [-0.2, 0) is 16.6 Å². The van der Waals surface area contributed by atoms with Gasteiger partial charge >= 0.3 is 0 Å². The molecule has 29 heavy (non-hydrogen) atoms. The van der Waals surface area contributed by atoms with E-state index in [1.54, 1.807) is 38.1 Å². The van der Waals surface area contributed by atoms with Crippen LogP contribution in [0.2, 0.25) is 0 Å². The molecule has 8 nitrogen and oxygen atoms in total. The lowest BCUT2D eigenvalue weighted by atomic mass is 10.2. The fourth-order valence-corrected chi connectivity index (χ4v) is 3.91. The molecular weight excluding hydrogens is 392 g/mol. The predicted octanol–water partition coefficient (Wildman–Crippen LogP) is 2.84. The van der Waals surface area contributed by atoms with Gasteiger partial charge in [0.25, 0.3) is 5.91 Å². The van der Waals surface area contributed by atoms with Crippen LogP contribution >= 0.6 is 0 Å². The molecule has 0 unspecified atom stereocenters. The largest absolute Gasteiger partial charge is 0.343 e. The highest BCUT2D eigenvalue weighted by molar-refractivity contribution is 7.92. The molecule has 1 heterocycles. The number of nitrogens with zero attached hydrogens (tertiary/aromatic N) is 3. The summed E-state index contributed by atoms with van der Waals surface area (Å²) in [6.45, 7) is 3.77. The van der Waals surface area contributed by atoms with E-state index in [1.807, 2.05) is 30.3 Å². The number of aromatic nitrogens is 2. The number of hydrogen-bond donors (Lipinski definition) is 1. The quantitative estimate of drug-likeness (QED) is 0.608. The van der Waals surface area contributed by atoms with Crippen molar-refractivity contribution < 1.29 is 17.7 Å². The third-order valence-electron chi connectivity index (χ3n) is 4.31. The van der Waals surface area contributed by atoms with Crippen molar-refractivity contribution in [2.45, 2.75) is 20.4 Å². The number of anilines is 1. The van der Waals surface area contributed by atoms with E-state index in [-0.39, 0.29) is 18.2 Å². The van der Waals surface area contributed by atoms with Crippen molar-refractivity contribution in [2.75, 3.05) is 16.6 Å². The molecule has 0 saturated carbocycles. The van der Waals surface area contributed by atoms with Crippen molar-refractivity contribution in [3.05, 3.63) is 66.1 Å². The first kappa shape index (κ1) is 20.5.